The highest BCUT2D eigenvalue weighted by molar-refractivity contribution is 6.05. The van der Waals surface area contributed by atoms with Crippen LogP contribution >= 0.6 is 0 Å². The molecule has 1 aliphatic heterocycles. The summed E-state index contributed by atoms with van der Waals surface area (Å²) < 4.78 is 0. The quantitative estimate of drug-likeness (QED) is 0.849. The van der Waals surface area contributed by atoms with Crippen molar-refractivity contribution < 1.29 is 4.79 Å². The van der Waals surface area contributed by atoms with Gasteiger partial charge in [-0.1, -0.05) is 31.0 Å². The summed E-state index contributed by atoms with van der Waals surface area (Å²) in [5.74, 6) is -0.0413. The molecule has 1 amide bonds. The van der Waals surface area contributed by atoms with Gasteiger partial charge in [0.2, 0.25) is 0 Å². The van der Waals surface area contributed by atoms with Crippen LogP contribution in [0, 0.1) is 0 Å². The molecule has 1 saturated heterocycles. The van der Waals surface area contributed by atoms with E-state index < -0.39 is 0 Å². The van der Waals surface area contributed by atoms with E-state index in [1.54, 1.807) is 11.1 Å². The average Bonchev–Trinajstić information content (AvgIpc) is 2.93. The highest BCUT2D eigenvalue weighted by atomic mass is 16.2. The zero-order chi connectivity index (χ0) is 16.8. The minimum absolute atomic E-state index is 0.0413. The van der Waals surface area contributed by atoms with Crippen molar-refractivity contribution in [3.8, 4) is 0 Å². The number of hydrogen-bond donors (Lipinski definition) is 0. The number of rotatable bonds is 4. The summed E-state index contributed by atoms with van der Waals surface area (Å²) in [6, 6.07) is 13.7. The first kappa shape index (κ1) is 16.5. The number of carbonyl (C=O) groups is 1. The summed E-state index contributed by atoms with van der Waals surface area (Å²) in [4.78, 5) is 21.4. The van der Waals surface area contributed by atoms with E-state index >= 15 is 0 Å². The highest BCUT2D eigenvalue weighted by Crippen LogP contribution is 2.22. The Labute approximate surface area is 144 Å². The number of aromatic nitrogens is 1. The molecule has 2 heterocycles. The van der Waals surface area contributed by atoms with Gasteiger partial charge in [0.05, 0.1) is 0 Å². The maximum atomic E-state index is 12.9. The molecule has 1 aromatic carbocycles. The maximum Gasteiger partial charge on any atom is 0.276 e. The third-order valence-electron chi connectivity index (χ3n) is 4.56. The summed E-state index contributed by atoms with van der Waals surface area (Å²) in [5.41, 5.74) is 2.54. The molecule has 1 aliphatic rings. The first-order valence-corrected chi connectivity index (χ1v) is 8.87. The molecule has 4 heteroatoms. The Morgan fingerprint density at radius 1 is 1.08 bits per heavy atom. The van der Waals surface area contributed by atoms with Crippen LogP contribution in [-0.4, -0.2) is 30.5 Å². The summed E-state index contributed by atoms with van der Waals surface area (Å²) >= 11 is 0. The second-order valence-corrected chi connectivity index (χ2v) is 6.19. The van der Waals surface area contributed by atoms with E-state index in [4.69, 9.17) is 0 Å². The van der Waals surface area contributed by atoms with Crippen LogP contribution in [0.1, 0.15) is 43.1 Å². The van der Waals surface area contributed by atoms with Crippen LogP contribution in [0.4, 0.5) is 11.4 Å². The van der Waals surface area contributed by atoms with Gasteiger partial charge in [0.15, 0.2) is 0 Å². The Morgan fingerprint density at radius 2 is 1.79 bits per heavy atom. The number of hydrogen-bond acceptors (Lipinski definition) is 3. The molecule has 1 aromatic heterocycles. The number of carbonyl (C=O) groups excluding carboxylic acids is 1. The van der Waals surface area contributed by atoms with Crippen molar-refractivity contribution in [3.63, 3.8) is 0 Å². The van der Waals surface area contributed by atoms with Crippen LogP contribution in [0.5, 0.6) is 0 Å². The lowest BCUT2D eigenvalue weighted by Gasteiger charge is -2.24. The van der Waals surface area contributed by atoms with Crippen molar-refractivity contribution in [3.05, 3.63) is 54.4 Å². The predicted molar refractivity (Wildman–Crippen MR) is 98.7 cm³/mol. The Morgan fingerprint density at radius 3 is 2.46 bits per heavy atom. The third-order valence-corrected chi connectivity index (χ3v) is 4.56. The van der Waals surface area contributed by atoms with Crippen LogP contribution in [-0.2, 0) is 0 Å². The summed E-state index contributed by atoms with van der Waals surface area (Å²) in [6.07, 6.45) is 6.79. The molecule has 0 spiro atoms. The number of amides is 1. The number of pyridine rings is 1. The first-order valence-electron chi connectivity index (χ1n) is 8.87. The standard InChI is InChI=1S/C20H25N3O/c1-2-23(17-10-6-5-7-11-17)20(24)19-16-18(12-13-21-19)22-14-8-3-4-9-15-22/h5-7,10-13,16H,2-4,8-9,14-15H2,1H3. The Kier molecular flexibility index (Phi) is 5.47. The second kappa shape index (κ2) is 7.95. The minimum Gasteiger partial charge on any atom is -0.371 e. The fourth-order valence-corrected chi connectivity index (χ4v) is 3.25. The first-order chi connectivity index (χ1) is 11.8. The zero-order valence-electron chi connectivity index (χ0n) is 14.3. The Bertz CT molecular complexity index is 664. The van der Waals surface area contributed by atoms with Crippen LogP contribution in [0.2, 0.25) is 0 Å². The molecule has 0 N–H and O–H groups in total. The van der Waals surface area contributed by atoms with E-state index in [9.17, 15) is 4.79 Å². The van der Waals surface area contributed by atoms with Gasteiger partial charge in [-0.2, -0.15) is 0 Å². The van der Waals surface area contributed by atoms with Gasteiger partial charge in [0.1, 0.15) is 5.69 Å². The third kappa shape index (κ3) is 3.75. The van der Waals surface area contributed by atoms with Crippen molar-refractivity contribution in [2.45, 2.75) is 32.6 Å². The van der Waals surface area contributed by atoms with E-state index in [0.717, 1.165) is 24.5 Å². The van der Waals surface area contributed by atoms with Gasteiger partial charge in [-0.25, -0.2) is 0 Å². The second-order valence-electron chi connectivity index (χ2n) is 6.19. The Hall–Kier alpha value is -2.36. The predicted octanol–water partition coefficient (Wildman–Crippen LogP) is 4.13. The lowest BCUT2D eigenvalue weighted by atomic mass is 10.2. The van der Waals surface area contributed by atoms with Gasteiger partial charge in [0.25, 0.3) is 5.91 Å². The summed E-state index contributed by atoms with van der Waals surface area (Å²) in [7, 11) is 0. The highest BCUT2D eigenvalue weighted by Gasteiger charge is 2.19. The largest absolute Gasteiger partial charge is 0.371 e. The molecule has 3 rings (SSSR count). The normalized spacial score (nSPS) is 15.0. The number of para-hydroxylation sites is 1. The zero-order valence-corrected chi connectivity index (χ0v) is 14.3. The molecule has 0 bridgehead atoms. The van der Waals surface area contributed by atoms with Crippen molar-refractivity contribution in [1.29, 1.82) is 0 Å². The lowest BCUT2D eigenvalue weighted by molar-refractivity contribution is 0.0983. The molecule has 126 valence electrons. The SMILES string of the molecule is CCN(C(=O)c1cc(N2CCCCCC2)ccn1)c1ccccc1. The lowest BCUT2D eigenvalue weighted by Crippen LogP contribution is -2.31. The van der Waals surface area contributed by atoms with Gasteiger partial charge < -0.3 is 9.80 Å². The molecule has 0 aliphatic carbocycles. The molecule has 0 atom stereocenters. The number of anilines is 2. The molecule has 0 saturated carbocycles. The monoisotopic (exact) mass is 323 g/mol. The van der Waals surface area contributed by atoms with Gasteiger partial charge in [-0.3, -0.25) is 9.78 Å². The van der Waals surface area contributed by atoms with Crippen molar-refractivity contribution in [1.82, 2.24) is 4.98 Å². The molecule has 24 heavy (non-hydrogen) atoms. The van der Waals surface area contributed by atoms with Gasteiger partial charge in [-0.05, 0) is 44.0 Å². The van der Waals surface area contributed by atoms with Gasteiger partial charge >= 0.3 is 0 Å². The molecule has 0 unspecified atom stereocenters. The molecule has 0 radical (unpaired) electrons. The van der Waals surface area contributed by atoms with E-state index in [1.807, 2.05) is 49.4 Å². The smallest absolute Gasteiger partial charge is 0.276 e. The molecule has 4 nitrogen and oxygen atoms in total. The topological polar surface area (TPSA) is 36.4 Å². The van der Waals surface area contributed by atoms with E-state index in [0.29, 0.717) is 12.2 Å². The van der Waals surface area contributed by atoms with Crippen molar-refractivity contribution in [2.24, 2.45) is 0 Å². The van der Waals surface area contributed by atoms with E-state index in [2.05, 4.69) is 9.88 Å². The molecular weight excluding hydrogens is 298 g/mol. The fraction of sp³-hybridized carbons (Fsp3) is 0.400. The van der Waals surface area contributed by atoms with E-state index in [-0.39, 0.29) is 5.91 Å². The van der Waals surface area contributed by atoms with Crippen molar-refractivity contribution in [2.75, 3.05) is 29.4 Å². The average molecular weight is 323 g/mol. The molecule has 2 aromatic rings. The molecule has 1 fully saturated rings. The van der Waals surface area contributed by atoms with Gasteiger partial charge in [0, 0.05) is 37.2 Å². The van der Waals surface area contributed by atoms with Crippen LogP contribution in [0.25, 0.3) is 0 Å². The van der Waals surface area contributed by atoms with Crippen LogP contribution in [0.3, 0.4) is 0 Å². The molecular formula is C20H25N3O. The van der Waals surface area contributed by atoms with Crippen molar-refractivity contribution >= 4 is 17.3 Å². The minimum atomic E-state index is -0.0413. The van der Waals surface area contributed by atoms with Crippen LogP contribution < -0.4 is 9.80 Å². The van der Waals surface area contributed by atoms with Gasteiger partial charge in [-0.15, -0.1) is 0 Å². The van der Waals surface area contributed by atoms with E-state index in [1.165, 1.54) is 25.7 Å². The summed E-state index contributed by atoms with van der Waals surface area (Å²) in [5, 5.41) is 0. The summed E-state index contributed by atoms with van der Waals surface area (Å²) in [6.45, 7) is 4.74. The Balaban J connectivity index is 1.83. The number of nitrogens with zero attached hydrogens (tertiary/aromatic N) is 3. The van der Waals surface area contributed by atoms with Crippen LogP contribution in [0.15, 0.2) is 48.7 Å². The maximum absolute atomic E-state index is 12.9. The number of benzene rings is 1. The fourth-order valence-electron chi connectivity index (χ4n) is 3.25.